The van der Waals surface area contributed by atoms with Crippen LogP contribution in [0.2, 0.25) is 0 Å². The van der Waals surface area contributed by atoms with Gasteiger partial charge in [-0.1, -0.05) is 54.6 Å². The van der Waals surface area contributed by atoms with Gasteiger partial charge in [-0.25, -0.2) is 9.97 Å². The molecule has 4 nitrogen and oxygen atoms in total. The minimum atomic E-state index is 0.596. The summed E-state index contributed by atoms with van der Waals surface area (Å²) in [6, 6.07) is 33.6. The molecule has 4 aromatic carbocycles. The fraction of sp³-hybridized carbons (Fsp3) is 0.0938. The summed E-state index contributed by atoms with van der Waals surface area (Å²) in [7, 11) is 0. The molecule has 0 spiro atoms. The molecule has 6 rings (SSSR count). The predicted octanol–water partition coefficient (Wildman–Crippen LogP) is 7.70. The number of para-hydroxylation sites is 1. The summed E-state index contributed by atoms with van der Waals surface area (Å²) in [5.41, 5.74) is 9.97. The number of rotatable bonds is 3. The minimum absolute atomic E-state index is 0.596. The van der Waals surface area contributed by atoms with E-state index in [2.05, 4.69) is 84.3 Å². The highest BCUT2D eigenvalue weighted by Gasteiger charge is 2.18. The Kier molecular flexibility index (Phi) is 5.13. The van der Waals surface area contributed by atoms with E-state index < -0.39 is 0 Å². The van der Waals surface area contributed by atoms with Gasteiger partial charge in [0, 0.05) is 27.7 Å². The van der Waals surface area contributed by atoms with Gasteiger partial charge in [0.15, 0.2) is 5.82 Å². The normalized spacial score (nSPS) is 11.2. The first-order valence-electron chi connectivity index (χ1n) is 12.0. The fourth-order valence-electron chi connectivity index (χ4n) is 5.12. The average Bonchev–Trinajstić information content (AvgIpc) is 3.21. The number of hydrogen-bond acceptors (Lipinski definition) is 3. The largest absolute Gasteiger partial charge is 0.308 e. The summed E-state index contributed by atoms with van der Waals surface area (Å²) in [5.74, 6) is 0.660. The van der Waals surface area contributed by atoms with E-state index >= 15 is 0 Å². The zero-order chi connectivity index (χ0) is 24.8. The number of nitriles is 1. The quantitative estimate of drug-likeness (QED) is 0.270. The van der Waals surface area contributed by atoms with Gasteiger partial charge in [-0.15, -0.1) is 0 Å². The first-order valence-corrected chi connectivity index (χ1v) is 12.0. The number of aromatic nitrogens is 3. The van der Waals surface area contributed by atoms with Crippen molar-refractivity contribution in [1.29, 1.82) is 5.26 Å². The van der Waals surface area contributed by atoms with Gasteiger partial charge < -0.3 is 4.57 Å². The van der Waals surface area contributed by atoms with Crippen molar-refractivity contribution in [3.8, 4) is 34.3 Å². The summed E-state index contributed by atoms with van der Waals surface area (Å²) < 4.78 is 2.25. The van der Waals surface area contributed by atoms with Crippen LogP contribution in [-0.4, -0.2) is 14.5 Å². The van der Waals surface area contributed by atoms with Crippen LogP contribution in [0.4, 0.5) is 0 Å². The van der Waals surface area contributed by atoms with Crippen molar-refractivity contribution >= 4 is 21.8 Å². The van der Waals surface area contributed by atoms with Gasteiger partial charge in [0.25, 0.3) is 0 Å². The molecule has 0 unspecified atom stereocenters. The third kappa shape index (κ3) is 3.54. The van der Waals surface area contributed by atoms with Crippen molar-refractivity contribution in [2.75, 3.05) is 0 Å². The van der Waals surface area contributed by atoms with E-state index in [1.165, 1.54) is 16.5 Å². The van der Waals surface area contributed by atoms with Gasteiger partial charge in [0.1, 0.15) is 0 Å². The van der Waals surface area contributed by atoms with E-state index in [1.54, 1.807) is 0 Å². The lowest BCUT2D eigenvalue weighted by Crippen LogP contribution is -2.02. The van der Waals surface area contributed by atoms with Crippen molar-refractivity contribution < 1.29 is 0 Å². The lowest BCUT2D eigenvalue weighted by Gasteiger charge is -2.15. The molecular weight excluding hydrogens is 440 g/mol. The van der Waals surface area contributed by atoms with Crippen LogP contribution in [0, 0.1) is 32.1 Å². The van der Waals surface area contributed by atoms with E-state index in [0.717, 1.165) is 44.6 Å². The first-order chi connectivity index (χ1) is 17.5. The third-order valence-corrected chi connectivity index (χ3v) is 6.72. The molecule has 0 fully saturated rings. The van der Waals surface area contributed by atoms with Gasteiger partial charge >= 0.3 is 0 Å². The van der Waals surface area contributed by atoms with Gasteiger partial charge in [-0.3, -0.25) is 0 Å². The van der Waals surface area contributed by atoms with E-state index in [0.29, 0.717) is 11.4 Å². The zero-order valence-electron chi connectivity index (χ0n) is 20.4. The fourth-order valence-corrected chi connectivity index (χ4v) is 5.12. The molecule has 0 atom stereocenters. The molecular formula is C32H24N4. The molecule has 0 saturated heterocycles. The summed E-state index contributed by atoms with van der Waals surface area (Å²) in [5, 5.41) is 12.1. The maximum atomic E-state index is 9.77. The first kappa shape index (κ1) is 21.8. The predicted molar refractivity (Wildman–Crippen MR) is 146 cm³/mol. The van der Waals surface area contributed by atoms with E-state index in [4.69, 9.17) is 9.97 Å². The van der Waals surface area contributed by atoms with E-state index in [-0.39, 0.29) is 0 Å². The Labute approximate surface area is 210 Å². The number of aryl methyl sites for hydroxylation is 3. The Morgan fingerprint density at radius 2 is 1.39 bits per heavy atom. The molecule has 0 saturated carbocycles. The molecule has 0 amide bonds. The Morgan fingerprint density at radius 3 is 2.17 bits per heavy atom. The maximum absolute atomic E-state index is 9.77. The lowest BCUT2D eigenvalue weighted by molar-refractivity contribution is 1.05. The molecule has 0 radical (unpaired) electrons. The van der Waals surface area contributed by atoms with Crippen LogP contribution in [0.5, 0.6) is 0 Å². The monoisotopic (exact) mass is 464 g/mol. The van der Waals surface area contributed by atoms with Crippen LogP contribution in [0.15, 0.2) is 91.0 Å². The second kappa shape index (κ2) is 8.48. The number of hydrogen-bond donors (Lipinski definition) is 0. The Hall–Kier alpha value is -4.75. The van der Waals surface area contributed by atoms with Crippen LogP contribution in [0.3, 0.4) is 0 Å². The maximum Gasteiger partial charge on any atom is 0.161 e. The second-order valence-corrected chi connectivity index (χ2v) is 9.22. The SMILES string of the molecule is Cc1cc(C)nc(-c2ccc(C#N)cc2-n2c3ccccc3c3ccc(-c4ccccc4C)cc32)n1. The van der Waals surface area contributed by atoms with Crippen molar-refractivity contribution in [1.82, 2.24) is 14.5 Å². The molecule has 0 aliphatic carbocycles. The number of fused-ring (bicyclic) bond motifs is 3. The van der Waals surface area contributed by atoms with Crippen LogP contribution in [0.25, 0.3) is 50.0 Å². The smallest absolute Gasteiger partial charge is 0.161 e. The highest BCUT2D eigenvalue weighted by atomic mass is 15.0. The molecule has 4 heteroatoms. The molecule has 6 aromatic rings. The molecule has 2 heterocycles. The summed E-state index contributed by atoms with van der Waals surface area (Å²) >= 11 is 0. The molecule has 36 heavy (non-hydrogen) atoms. The van der Waals surface area contributed by atoms with Crippen molar-refractivity contribution in [2.24, 2.45) is 0 Å². The third-order valence-electron chi connectivity index (χ3n) is 6.72. The highest BCUT2D eigenvalue weighted by molar-refractivity contribution is 6.10. The van der Waals surface area contributed by atoms with Crippen molar-refractivity contribution in [3.63, 3.8) is 0 Å². The summed E-state index contributed by atoms with van der Waals surface area (Å²) in [6.45, 7) is 6.10. The second-order valence-electron chi connectivity index (χ2n) is 9.22. The van der Waals surface area contributed by atoms with Gasteiger partial charge in [0.05, 0.1) is 28.4 Å². The van der Waals surface area contributed by atoms with E-state index in [9.17, 15) is 5.26 Å². The van der Waals surface area contributed by atoms with Crippen LogP contribution in [-0.2, 0) is 0 Å². The van der Waals surface area contributed by atoms with Crippen LogP contribution in [0.1, 0.15) is 22.5 Å². The topological polar surface area (TPSA) is 54.5 Å². The van der Waals surface area contributed by atoms with Crippen molar-refractivity contribution in [2.45, 2.75) is 20.8 Å². The Bertz CT molecular complexity index is 1820. The van der Waals surface area contributed by atoms with E-state index in [1.807, 2.05) is 38.1 Å². The lowest BCUT2D eigenvalue weighted by atomic mass is 9.99. The van der Waals surface area contributed by atoms with Gasteiger partial charge in [0.2, 0.25) is 0 Å². The molecule has 2 aromatic heterocycles. The number of benzene rings is 4. The summed E-state index contributed by atoms with van der Waals surface area (Å²) in [6.07, 6.45) is 0. The van der Waals surface area contributed by atoms with Crippen molar-refractivity contribution in [3.05, 3.63) is 114 Å². The summed E-state index contributed by atoms with van der Waals surface area (Å²) in [4.78, 5) is 9.52. The van der Waals surface area contributed by atoms with Crippen LogP contribution < -0.4 is 0 Å². The Balaban J connectivity index is 1.73. The van der Waals surface area contributed by atoms with Crippen LogP contribution >= 0.6 is 0 Å². The molecule has 0 aliphatic rings. The number of nitrogens with zero attached hydrogens (tertiary/aromatic N) is 4. The zero-order valence-corrected chi connectivity index (χ0v) is 20.4. The van der Waals surface area contributed by atoms with Gasteiger partial charge in [-0.05, 0) is 73.9 Å². The Morgan fingerprint density at radius 1 is 0.667 bits per heavy atom. The van der Waals surface area contributed by atoms with Gasteiger partial charge in [-0.2, -0.15) is 5.26 Å². The standard InChI is InChI=1S/C32H24N4/c1-20-8-4-5-9-25(20)24-13-15-27-26-10-6-7-11-29(26)36(31(27)18-24)30-17-23(19-33)12-14-28(30)32-34-21(2)16-22(3)35-32/h4-18H,1-3H3. The average molecular weight is 465 g/mol. The minimum Gasteiger partial charge on any atom is -0.308 e. The molecule has 172 valence electrons. The highest BCUT2D eigenvalue weighted by Crippen LogP contribution is 2.38. The molecule has 0 N–H and O–H groups in total. The molecule has 0 aliphatic heterocycles. The molecule has 0 bridgehead atoms.